The second-order valence-corrected chi connectivity index (χ2v) is 7.19. The lowest BCUT2D eigenvalue weighted by Gasteiger charge is -2.18. The van der Waals surface area contributed by atoms with E-state index in [1.54, 1.807) is 13.0 Å². The maximum atomic E-state index is 11.5. The Hall–Kier alpha value is -2.51. The van der Waals surface area contributed by atoms with Crippen LogP contribution in [0.25, 0.3) is 0 Å². The van der Waals surface area contributed by atoms with Gasteiger partial charge in [0.2, 0.25) is 0 Å². The van der Waals surface area contributed by atoms with Crippen LogP contribution < -0.4 is 0 Å². The van der Waals surface area contributed by atoms with Gasteiger partial charge in [-0.3, -0.25) is 0 Å². The lowest BCUT2D eigenvalue weighted by Crippen LogP contribution is -2.31. The lowest BCUT2D eigenvalue weighted by atomic mass is 10.2. The summed E-state index contributed by atoms with van der Waals surface area (Å²) in [5.41, 5.74) is 2.17. The van der Waals surface area contributed by atoms with Gasteiger partial charge in [0.15, 0.2) is 5.79 Å². The molecule has 0 saturated carbocycles. The predicted octanol–water partition coefficient (Wildman–Crippen LogP) is 3.65. The van der Waals surface area contributed by atoms with Gasteiger partial charge in [0, 0.05) is 6.08 Å². The Bertz CT molecular complexity index is 751. The third kappa shape index (κ3) is 6.78. The van der Waals surface area contributed by atoms with E-state index in [0.29, 0.717) is 26.4 Å². The zero-order valence-electron chi connectivity index (χ0n) is 17.4. The van der Waals surface area contributed by atoms with Crippen LogP contribution >= 0.6 is 0 Å². The van der Waals surface area contributed by atoms with Crippen molar-refractivity contribution in [1.29, 1.82) is 0 Å². The van der Waals surface area contributed by atoms with Crippen molar-refractivity contribution in [2.75, 3.05) is 20.3 Å². The van der Waals surface area contributed by atoms with E-state index in [0.717, 1.165) is 11.1 Å². The van der Waals surface area contributed by atoms with Gasteiger partial charge in [0.25, 0.3) is 0 Å². The summed E-state index contributed by atoms with van der Waals surface area (Å²) >= 11 is 0. The largest absolute Gasteiger partial charge is 0.466 e. The molecule has 1 aliphatic heterocycles. The van der Waals surface area contributed by atoms with Crippen LogP contribution in [0.4, 0.5) is 0 Å². The van der Waals surface area contributed by atoms with Gasteiger partial charge in [-0.1, -0.05) is 60.7 Å². The van der Waals surface area contributed by atoms with Crippen molar-refractivity contribution in [3.8, 4) is 0 Å². The van der Waals surface area contributed by atoms with E-state index in [4.69, 9.17) is 18.9 Å². The van der Waals surface area contributed by atoms with Crippen molar-refractivity contribution < 1.29 is 28.5 Å². The molecule has 0 spiro atoms. The Balaban J connectivity index is 1.58. The predicted molar refractivity (Wildman–Crippen MR) is 112 cm³/mol. The first-order chi connectivity index (χ1) is 14.6. The van der Waals surface area contributed by atoms with Crippen LogP contribution in [-0.4, -0.2) is 44.3 Å². The van der Waals surface area contributed by atoms with E-state index in [1.165, 1.54) is 13.2 Å². The van der Waals surface area contributed by atoms with Crippen LogP contribution in [0.2, 0.25) is 0 Å². The van der Waals surface area contributed by atoms with E-state index >= 15 is 0 Å². The highest BCUT2D eigenvalue weighted by Crippen LogP contribution is 2.31. The van der Waals surface area contributed by atoms with Crippen LogP contribution in [0.15, 0.2) is 72.8 Å². The molecule has 0 bridgehead atoms. The molecular formula is C24H28O6. The maximum absolute atomic E-state index is 11.5. The highest BCUT2D eigenvalue weighted by molar-refractivity contribution is 5.81. The van der Waals surface area contributed by atoms with Gasteiger partial charge >= 0.3 is 5.97 Å². The molecule has 0 N–H and O–H groups in total. The Kier molecular flexibility index (Phi) is 8.16. The number of carbonyl (C=O) groups excluding carboxylic acids is 1. The number of hydrogen-bond acceptors (Lipinski definition) is 6. The molecule has 0 aliphatic carbocycles. The number of hydrogen-bond donors (Lipinski definition) is 0. The minimum Gasteiger partial charge on any atom is -0.466 e. The van der Waals surface area contributed by atoms with Gasteiger partial charge in [-0.15, -0.1) is 0 Å². The third-order valence-corrected chi connectivity index (χ3v) is 4.70. The minimum absolute atomic E-state index is 0.336. The highest BCUT2D eigenvalue weighted by atomic mass is 16.8. The number of benzene rings is 2. The second kappa shape index (κ2) is 11.0. The number of ether oxygens (including phenoxy) is 5. The van der Waals surface area contributed by atoms with Gasteiger partial charge < -0.3 is 23.7 Å². The zero-order valence-corrected chi connectivity index (χ0v) is 17.4. The Labute approximate surface area is 177 Å². The molecule has 1 heterocycles. The van der Waals surface area contributed by atoms with E-state index in [-0.39, 0.29) is 12.2 Å². The molecule has 1 fully saturated rings. The molecule has 0 radical (unpaired) electrons. The summed E-state index contributed by atoms with van der Waals surface area (Å²) < 4.78 is 28.5. The summed E-state index contributed by atoms with van der Waals surface area (Å²) in [6.45, 7) is 3.40. The summed E-state index contributed by atoms with van der Waals surface area (Å²) in [5, 5.41) is 0. The van der Waals surface area contributed by atoms with E-state index in [9.17, 15) is 4.79 Å². The average molecular weight is 412 g/mol. The summed E-state index contributed by atoms with van der Waals surface area (Å²) in [4.78, 5) is 11.5. The fourth-order valence-electron chi connectivity index (χ4n) is 3.16. The molecule has 1 saturated heterocycles. The fraction of sp³-hybridized carbons (Fsp3) is 0.375. The molecule has 2 aromatic rings. The van der Waals surface area contributed by atoms with Gasteiger partial charge in [-0.05, 0) is 24.1 Å². The molecule has 2 atom stereocenters. The smallest absolute Gasteiger partial charge is 0.330 e. The summed E-state index contributed by atoms with van der Waals surface area (Å²) in [6, 6.07) is 19.9. The van der Waals surface area contributed by atoms with Crippen LogP contribution in [0, 0.1) is 0 Å². The second-order valence-electron chi connectivity index (χ2n) is 7.19. The van der Waals surface area contributed by atoms with Gasteiger partial charge in [0.05, 0.1) is 33.5 Å². The highest BCUT2D eigenvalue weighted by Gasteiger charge is 2.43. The van der Waals surface area contributed by atoms with Crippen LogP contribution in [0.3, 0.4) is 0 Å². The first-order valence-corrected chi connectivity index (χ1v) is 9.94. The SMILES string of the molecule is COC(=O)/C=C/C1(C)O[C@@H](COCc2ccccc2)[C@H](COCc2ccccc2)O1. The van der Waals surface area contributed by atoms with E-state index in [2.05, 4.69) is 4.74 Å². The zero-order chi connectivity index (χ0) is 21.2. The van der Waals surface area contributed by atoms with E-state index < -0.39 is 11.8 Å². The lowest BCUT2D eigenvalue weighted by molar-refractivity contribution is -0.139. The van der Waals surface area contributed by atoms with E-state index in [1.807, 2.05) is 60.7 Å². The van der Waals surface area contributed by atoms with Crippen molar-refractivity contribution >= 4 is 5.97 Å². The van der Waals surface area contributed by atoms with Crippen molar-refractivity contribution in [3.05, 3.63) is 83.9 Å². The molecule has 160 valence electrons. The van der Waals surface area contributed by atoms with Crippen molar-refractivity contribution in [2.24, 2.45) is 0 Å². The summed E-state index contributed by atoms with van der Waals surface area (Å²) in [7, 11) is 1.33. The molecule has 6 heteroatoms. The molecule has 0 amide bonds. The Morgan fingerprint density at radius 3 is 1.80 bits per heavy atom. The van der Waals surface area contributed by atoms with Crippen LogP contribution in [-0.2, 0) is 41.7 Å². The number of esters is 1. The first kappa shape index (κ1) is 22.2. The quantitative estimate of drug-likeness (QED) is 0.439. The molecule has 30 heavy (non-hydrogen) atoms. The molecule has 0 unspecified atom stereocenters. The summed E-state index contributed by atoms with van der Waals surface area (Å²) in [5.74, 6) is -1.53. The van der Waals surface area contributed by atoms with Crippen molar-refractivity contribution in [2.45, 2.75) is 38.1 Å². The standard InChI is InChI=1S/C24H28O6/c1-24(14-13-23(25)26-2)29-21(17-27-15-19-9-5-3-6-10-19)22(30-24)18-28-16-20-11-7-4-8-12-20/h3-14,21-22H,15-18H2,1-2H3/b14-13+/t21-,22-/m0/s1. The average Bonchev–Trinajstić information content (AvgIpc) is 3.09. The fourth-order valence-corrected chi connectivity index (χ4v) is 3.16. The van der Waals surface area contributed by atoms with Gasteiger partial charge in [-0.25, -0.2) is 4.79 Å². The normalized spacial score (nSPS) is 20.5. The molecule has 3 rings (SSSR count). The number of rotatable bonds is 10. The maximum Gasteiger partial charge on any atom is 0.330 e. The Morgan fingerprint density at radius 1 is 0.900 bits per heavy atom. The number of methoxy groups -OCH3 is 1. The van der Waals surface area contributed by atoms with Gasteiger partial charge in [-0.2, -0.15) is 0 Å². The third-order valence-electron chi connectivity index (χ3n) is 4.70. The van der Waals surface area contributed by atoms with Crippen LogP contribution in [0.5, 0.6) is 0 Å². The van der Waals surface area contributed by atoms with Gasteiger partial charge in [0.1, 0.15) is 12.2 Å². The molecule has 2 aromatic carbocycles. The molecule has 1 aliphatic rings. The Morgan fingerprint density at radius 2 is 1.37 bits per heavy atom. The molecular weight excluding hydrogens is 384 g/mol. The minimum atomic E-state index is -1.06. The topological polar surface area (TPSA) is 63.2 Å². The van der Waals surface area contributed by atoms with Crippen LogP contribution in [0.1, 0.15) is 18.1 Å². The van der Waals surface area contributed by atoms with Crippen molar-refractivity contribution in [3.63, 3.8) is 0 Å². The first-order valence-electron chi connectivity index (χ1n) is 9.94. The summed E-state index contributed by atoms with van der Waals surface area (Å²) in [6.07, 6.45) is 2.18. The van der Waals surface area contributed by atoms with Crippen molar-refractivity contribution in [1.82, 2.24) is 0 Å². The molecule has 6 nitrogen and oxygen atoms in total. The molecule has 0 aromatic heterocycles. The monoisotopic (exact) mass is 412 g/mol. The number of carbonyl (C=O) groups is 1.